The van der Waals surface area contributed by atoms with E-state index in [-0.39, 0.29) is 17.2 Å². The molecule has 150 valence electrons. The number of urea groups is 1. The molecule has 2 aliphatic heterocycles. The fourth-order valence-corrected chi connectivity index (χ4v) is 5.09. The van der Waals surface area contributed by atoms with Gasteiger partial charge in [-0.05, 0) is 70.1 Å². The van der Waals surface area contributed by atoms with Crippen molar-refractivity contribution in [1.82, 2.24) is 15.5 Å². The Morgan fingerprint density at radius 2 is 1.88 bits per heavy atom. The second-order valence-electron chi connectivity index (χ2n) is 9.97. The van der Waals surface area contributed by atoms with Crippen molar-refractivity contribution in [2.45, 2.75) is 77.4 Å². The van der Waals surface area contributed by atoms with E-state index < -0.39 is 0 Å². The first-order valence-corrected chi connectivity index (χ1v) is 10.7. The number of ether oxygens (including phenoxy) is 1. The second kappa shape index (κ2) is 8.05. The Hall–Kier alpha value is -0.810. The minimum atomic E-state index is -0.0228. The highest BCUT2D eigenvalue weighted by Crippen LogP contribution is 2.44. The molecule has 0 bridgehead atoms. The second-order valence-corrected chi connectivity index (χ2v) is 9.97. The van der Waals surface area contributed by atoms with Gasteiger partial charge in [-0.25, -0.2) is 4.79 Å². The van der Waals surface area contributed by atoms with Gasteiger partial charge in [0.15, 0.2) is 0 Å². The third kappa shape index (κ3) is 4.92. The molecule has 1 saturated carbocycles. The smallest absolute Gasteiger partial charge is 0.314 e. The van der Waals surface area contributed by atoms with Crippen LogP contribution in [0.25, 0.3) is 0 Å². The highest BCUT2D eigenvalue weighted by atomic mass is 16.5. The molecule has 2 heterocycles. The third-order valence-electron chi connectivity index (χ3n) is 6.82. The molecule has 0 aromatic carbocycles. The van der Waals surface area contributed by atoms with Crippen molar-refractivity contribution >= 4 is 6.03 Å². The molecule has 2 amide bonds. The van der Waals surface area contributed by atoms with Gasteiger partial charge in [0.1, 0.15) is 0 Å². The Morgan fingerprint density at radius 1 is 1.19 bits per heavy atom. The third-order valence-corrected chi connectivity index (χ3v) is 6.82. The van der Waals surface area contributed by atoms with Crippen LogP contribution in [0.15, 0.2) is 0 Å². The van der Waals surface area contributed by atoms with Crippen LogP contribution in [0.5, 0.6) is 0 Å². The summed E-state index contributed by atoms with van der Waals surface area (Å²) in [6, 6.07) is -0.0228. The van der Waals surface area contributed by atoms with E-state index in [4.69, 9.17) is 4.74 Å². The fraction of sp³-hybridized carbons (Fsp3) is 0.952. The van der Waals surface area contributed by atoms with Crippen molar-refractivity contribution < 1.29 is 9.53 Å². The monoisotopic (exact) mass is 365 g/mol. The van der Waals surface area contributed by atoms with Crippen LogP contribution in [-0.4, -0.2) is 54.9 Å². The Kier molecular flexibility index (Phi) is 6.18. The number of nitrogens with zero attached hydrogens (tertiary/aromatic N) is 1. The maximum absolute atomic E-state index is 12.3. The number of carbonyl (C=O) groups excluding carboxylic acids is 1. The molecule has 5 heteroatoms. The Labute approximate surface area is 159 Å². The lowest BCUT2D eigenvalue weighted by Crippen LogP contribution is -2.57. The summed E-state index contributed by atoms with van der Waals surface area (Å²) in [6.45, 7) is 13.7. The van der Waals surface area contributed by atoms with Crippen LogP contribution >= 0.6 is 0 Å². The van der Waals surface area contributed by atoms with Crippen molar-refractivity contribution in [3.8, 4) is 0 Å². The van der Waals surface area contributed by atoms with Gasteiger partial charge >= 0.3 is 6.03 Å². The van der Waals surface area contributed by atoms with Gasteiger partial charge in [-0.3, -0.25) is 4.90 Å². The van der Waals surface area contributed by atoms with E-state index in [9.17, 15) is 4.79 Å². The van der Waals surface area contributed by atoms with E-state index in [0.29, 0.717) is 12.5 Å². The minimum Gasteiger partial charge on any atom is -0.375 e. The molecule has 0 aromatic heterocycles. The molecule has 26 heavy (non-hydrogen) atoms. The van der Waals surface area contributed by atoms with Gasteiger partial charge in [0, 0.05) is 38.3 Å². The molecule has 0 aromatic rings. The largest absolute Gasteiger partial charge is 0.375 e. The summed E-state index contributed by atoms with van der Waals surface area (Å²) in [7, 11) is 0. The number of nitrogens with one attached hydrogen (secondary N) is 2. The molecule has 5 nitrogen and oxygen atoms in total. The van der Waals surface area contributed by atoms with Crippen molar-refractivity contribution in [3.05, 3.63) is 0 Å². The maximum atomic E-state index is 12.3. The molecule has 2 N–H and O–H groups in total. The Morgan fingerprint density at radius 3 is 2.50 bits per heavy atom. The van der Waals surface area contributed by atoms with Crippen LogP contribution in [0, 0.1) is 17.8 Å². The lowest BCUT2D eigenvalue weighted by atomic mass is 9.72. The summed E-state index contributed by atoms with van der Waals surface area (Å²) >= 11 is 0. The lowest BCUT2D eigenvalue weighted by Gasteiger charge is -2.47. The number of carbonyl (C=O) groups is 1. The van der Waals surface area contributed by atoms with Crippen LogP contribution in [0.2, 0.25) is 0 Å². The van der Waals surface area contributed by atoms with Gasteiger partial charge in [0.2, 0.25) is 0 Å². The average Bonchev–Trinajstić information content (AvgIpc) is 2.56. The zero-order valence-corrected chi connectivity index (χ0v) is 17.3. The van der Waals surface area contributed by atoms with E-state index in [2.05, 4.69) is 43.2 Å². The van der Waals surface area contributed by atoms with Gasteiger partial charge in [0.25, 0.3) is 0 Å². The lowest BCUT2D eigenvalue weighted by molar-refractivity contribution is -0.142. The van der Waals surface area contributed by atoms with Crippen LogP contribution in [0.3, 0.4) is 0 Å². The predicted molar refractivity (Wildman–Crippen MR) is 105 cm³/mol. The topological polar surface area (TPSA) is 53.6 Å². The number of hydrogen-bond donors (Lipinski definition) is 2. The first-order chi connectivity index (χ1) is 12.3. The molecule has 2 saturated heterocycles. The van der Waals surface area contributed by atoms with E-state index in [1.54, 1.807) is 0 Å². The normalized spacial score (nSPS) is 32.1. The molecule has 0 radical (unpaired) electrons. The predicted octanol–water partition coefficient (Wildman–Crippen LogP) is 3.39. The van der Waals surface area contributed by atoms with Crippen molar-refractivity contribution in [3.63, 3.8) is 0 Å². The van der Waals surface area contributed by atoms with Crippen LogP contribution in [-0.2, 0) is 4.74 Å². The fourth-order valence-electron chi connectivity index (χ4n) is 5.09. The first kappa shape index (κ1) is 19.9. The van der Waals surface area contributed by atoms with E-state index >= 15 is 0 Å². The van der Waals surface area contributed by atoms with Crippen LogP contribution < -0.4 is 10.6 Å². The average molecular weight is 366 g/mol. The van der Waals surface area contributed by atoms with E-state index in [1.807, 2.05) is 0 Å². The first-order valence-electron chi connectivity index (χ1n) is 10.7. The zero-order valence-electron chi connectivity index (χ0n) is 17.3. The summed E-state index contributed by atoms with van der Waals surface area (Å²) in [5.41, 5.74) is 0.152. The van der Waals surface area contributed by atoms with Gasteiger partial charge in [-0.15, -0.1) is 0 Å². The number of amides is 2. The molecular formula is C21H39N3O2. The molecule has 1 aliphatic carbocycles. The van der Waals surface area contributed by atoms with Gasteiger partial charge < -0.3 is 15.4 Å². The Bertz CT molecular complexity index is 480. The minimum absolute atomic E-state index is 0.00501. The molecule has 3 rings (SSSR count). The molecule has 3 fully saturated rings. The van der Waals surface area contributed by atoms with Gasteiger partial charge in [-0.2, -0.15) is 0 Å². The molecule has 3 unspecified atom stereocenters. The summed E-state index contributed by atoms with van der Waals surface area (Å²) in [5.74, 6) is 2.03. The highest BCUT2D eigenvalue weighted by molar-refractivity contribution is 5.73. The SMILES string of the molecule is CC1CC(C)CN(C(C)(C)CNC(=O)NCC2CCOC3(CCC3)C2)C1. The number of rotatable bonds is 5. The van der Waals surface area contributed by atoms with Gasteiger partial charge in [0.05, 0.1) is 5.60 Å². The standard InChI is InChI=1S/C21H39N3O2/c1-16-10-17(2)14-24(13-16)20(3,4)15-23-19(25)22-12-18-6-9-26-21(11-18)7-5-8-21/h16-18H,5-15H2,1-4H3,(H2,22,23,25). The van der Waals surface area contributed by atoms with E-state index in [1.165, 1.54) is 25.7 Å². The number of hydrogen-bond acceptors (Lipinski definition) is 3. The maximum Gasteiger partial charge on any atom is 0.314 e. The zero-order chi connectivity index (χ0) is 18.8. The molecule has 3 aliphatic rings. The van der Waals surface area contributed by atoms with Crippen LogP contribution in [0.1, 0.15) is 66.2 Å². The number of piperidine rings is 1. The molecular weight excluding hydrogens is 326 g/mol. The summed E-state index contributed by atoms with van der Waals surface area (Å²) in [6.07, 6.45) is 7.20. The van der Waals surface area contributed by atoms with Crippen LogP contribution in [0.4, 0.5) is 4.79 Å². The van der Waals surface area contributed by atoms with Crippen molar-refractivity contribution in [1.29, 1.82) is 0 Å². The number of likely N-dealkylation sites (tertiary alicyclic amines) is 1. The van der Waals surface area contributed by atoms with Crippen molar-refractivity contribution in [2.24, 2.45) is 17.8 Å². The summed E-state index contributed by atoms with van der Waals surface area (Å²) in [5, 5.41) is 6.22. The van der Waals surface area contributed by atoms with Gasteiger partial charge in [-0.1, -0.05) is 13.8 Å². The van der Waals surface area contributed by atoms with E-state index in [0.717, 1.165) is 50.9 Å². The summed E-state index contributed by atoms with van der Waals surface area (Å²) < 4.78 is 5.98. The molecule has 3 atom stereocenters. The molecule has 1 spiro atoms. The Balaban J connectivity index is 1.39. The van der Waals surface area contributed by atoms with Crippen molar-refractivity contribution in [2.75, 3.05) is 32.8 Å². The highest BCUT2D eigenvalue weighted by Gasteiger charge is 2.42. The quantitative estimate of drug-likeness (QED) is 0.785. The summed E-state index contributed by atoms with van der Waals surface area (Å²) in [4.78, 5) is 14.9.